The number of amides is 1. The van der Waals surface area contributed by atoms with Gasteiger partial charge in [-0.25, -0.2) is 0 Å². The van der Waals surface area contributed by atoms with Gasteiger partial charge >= 0.3 is 5.97 Å². The molecule has 4 N–H and O–H groups in total. The van der Waals surface area contributed by atoms with E-state index in [0.29, 0.717) is 12.2 Å². The number of aliphatic carboxylic acids is 1. The molecule has 0 bridgehead atoms. The van der Waals surface area contributed by atoms with Crippen molar-refractivity contribution in [3.05, 3.63) is 23.7 Å². The molecule has 0 aromatic carbocycles. The highest BCUT2D eigenvalue weighted by Crippen LogP contribution is 2.24. The van der Waals surface area contributed by atoms with Crippen LogP contribution in [0.1, 0.15) is 43.5 Å². The lowest BCUT2D eigenvalue weighted by Crippen LogP contribution is -2.34. The van der Waals surface area contributed by atoms with Crippen LogP contribution in [-0.4, -0.2) is 23.5 Å². The van der Waals surface area contributed by atoms with Crippen molar-refractivity contribution in [2.24, 2.45) is 17.1 Å². The van der Waals surface area contributed by atoms with Crippen LogP contribution in [0.3, 0.4) is 0 Å². The molecule has 1 rings (SSSR count). The van der Waals surface area contributed by atoms with E-state index in [-0.39, 0.29) is 24.3 Å². The summed E-state index contributed by atoms with van der Waals surface area (Å²) in [6.45, 7) is 6.18. The van der Waals surface area contributed by atoms with Gasteiger partial charge in [0, 0.05) is 6.54 Å². The highest BCUT2D eigenvalue weighted by Gasteiger charge is 2.25. The summed E-state index contributed by atoms with van der Waals surface area (Å²) in [5, 5.41) is 11.8. The second-order valence-corrected chi connectivity index (χ2v) is 5.98. The van der Waals surface area contributed by atoms with E-state index in [1.54, 1.807) is 6.07 Å². The van der Waals surface area contributed by atoms with Gasteiger partial charge in [0.15, 0.2) is 5.76 Å². The van der Waals surface area contributed by atoms with E-state index in [2.05, 4.69) is 5.32 Å². The Labute approximate surface area is 118 Å². The lowest BCUT2D eigenvalue weighted by Gasteiger charge is -2.23. The van der Waals surface area contributed by atoms with Gasteiger partial charge in [-0.2, -0.15) is 0 Å². The van der Waals surface area contributed by atoms with E-state index in [9.17, 15) is 14.7 Å². The van der Waals surface area contributed by atoms with Crippen LogP contribution in [0.15, 0.2) is 16.5 Å². The third kappa shape index (κ3) is 5.05. The molecular weight excluding hydrogens is 260 g/mol. The summed E-state index contributed by atoms with van der Waals surface area (Å²) < 4.78 is 5.20. The van der Waals surface area contributed by atoms with E-state index in [0.717, 1.165) is 0 Å². The maximum absolute atomic E-state index is 11.8. The second-order valence-electron chi connectivity index (χ2n) is 5.98. The summed E-state index contributed by atoms with van der Waals surface area (Å²) in [5.41, 5.74) is 5.27. The van der Waals surface area contributed by atoms with Gasteiger partial charge in [0.05, 0.1) is 12.5 Å². The van der Waals surface area contributed by atoms with Crippen LogP contribution in [0.5, 0.6) is 0 Å². The molecule has 6 nitrogen and oxygen atoms in total. The van der Waals surface area contributed by atoms with Gasteiger partial charge in [0.1, 0.15) is 5.76 Å². The highest BCUT2D eigenvalue weighted by atomic mass is 16.4. The molecule has 0 fully saturated rings. The first-order valence-electron chi connectivity index (χ1n) is 6.52. The van der Waals surface area contributed by atoms with Crippen molar-refractivity contribution >= 4 is 11.9 Å². The lowest BCUT2D eigenvalue weighted by atomic mass is 9.84. The molecule has 6 heteroatoms. The van der Waals surface area contributed by atoms with Gasteiger partial charge in [-0.1, -0.05) is 20.8 Å². The Balaban J connectivity index is 2.59. The van der Waals surface area contributed by atoms with Crippen molar-refractivity contribution in [2.75, 3.05) is 6.54 Å². The number of hydrogen-bond acceptors (Lipinski definition) is 4. The maximum Gasteiger partial charge on any atom is 0.308 e. The first-order chi connectivity index (χ1) is 9.23. The fourth-order valence-corrected chi connectivity index (χ4v) is 1.90. The zero-order valence-electron chi connectivity index (χ0n) is 12.1. The average Bonchev–Trinajstić information content (AvgIpc) is 2.81. The molecule has 1 heterocycles. The average molecular weight is 282 g/mol. The molecule has 0 saturated carbocycles. The second kappa shape index (κ2) is 6.56. The number of furan rings is 1. The van der Waals surface area contributed by atoms with Crippen molar-refractivity contribution in [1.82, 2.24) is 5.32 Å². The van der Waals surface area contributed by atoms with Gasteiger partial charge in [-0.15, -0.1) is 0 Å². The number of carbonyl (C=O) groups excluding carboxylic acids is 1. The van der Waals surface area contributed by atoms with Crippen LogP contribution in [0.25, 0.3) is 0 Å². The minimum Gasteiger partial charge on any atom is -0.481 e. The Morgan fingerprint density at radius 2 is 2.05 bits per heavy atom. The van der Waals surface area contributed by atoms with Gasteiger partial charge in [-0.3, -0.25) is 9.59 Å². The molecule has 1 atom stereocenters. The quantitative estimate of drug-likeness (QED) is 0.735. The number of hydrogen-bond donors (Lipinski definition) is 3. The Morgan fingerprint density at radius 3 is 2.50 bits per heavy atom. The molecule has 1 aromatic rings. The molecule has 0 aliphatic carbocycles. The first-order valence-corrected chi connectivity index (χ1v) is 6.52. The first kappa shape index (κ1) is 16.2. The molecule has 1 aromatic heterocycles. The number of carboxylic acids is 1. The molecule has 20 heavy (non-hydrogen) atoms. The minimum absolute atomic E-state index is 0.0735. The molecule has 0 aliphatic heterocycles. The van der Waals surface area contributed by atoms with Gasteiger partial charge in [0.25, 0.3) is 5.91 Å². The van der Waals surface area contributed by atoms with Crippen LogP contribution in [0.2, 0.25) is 0 Å². The fraction of sp³-hybridized carbons (Fsp3) is 0.571. The largest absolute Gasteiger partial charge is 0.481 e. The zero-order chi connectivity index (χ0) is 15.3. The number of rotatable bonds is 6. The smallest absolute Gasteiger partial charge is 0.308 e. The Bertz CT molecular complexity index is 474. The SMILES string of the molecule is CC(C)(C)CC(CNC(=O)c1ccc(CN)o1)C(=O)O. The number of nitrogens with two attached hydrogens (primary N) is 1. The van der Waals surface area contributed by atoms with E-state index >= 15 is 0 Å². The highest BCUT2D eigenvalue weighted by molar-refractivity contribution is 5.91. The Kier molecular flexibility index (Phi) is 5.33. The summed E-state index contributed by atoms with van der Waals surface area (Å²) >= 11 is 0. The van der Waals surface area contributed by atoms with Crippen molar-refractivity contribution in [1.29, 1.82) is 0 Å². The monoisotopic (exact) mass is 282 g/mol. The third-order valence-corrected chi connectivity index (χ3v) is 2.80. The Morgan fingerprint density at radius 1 is 1.40 bits per heavy atom. The van der Waals surface area contributed by atoms with E-state index in [1.807, 2.05) is 20.8 Å². The van der Waals surface area contributed by atoms with Gasteiger partial charge in [0.2, 0.25) is 0 Å². The van der Waals surface area contributed by atoms with Gasteiger partial charge in [-0.05, 0) is 24.0 Å². The molecule has 0 aliphatic rings. The molecule has 0 radical (unpaired) electrons. The Hall–Kier alpha value is -1.82. The van der Waals surface area contributed by atoms with E-state index in [1.165, 1.54) is 6.07 Å². The van der Waals surface area contributed by atoms with Crippen LogP contribution in [0, 0.1) is 11.3 Å². The topological polar surface area (TPSA) is 106 Å². The van der Waals surface area contributed by atoms with Crippen molar-refractivity contribution in [3.8, 4) is 0 Å². The summed E-state index contributed by atoms with van der Waals surface area (Å²) in [6, 6.07) is 3.15. The molecular formula is C14H22N2O4. The fourth-order valence-electron chi connectivity index (χ4n) is 1.90. The summed E-state index contributed by atoms with van der Waals surface area (Å²) in [5.74, 6) is -1.31. The number of nitrogens with one attached hydrogen (secondary N) is 1. The minimum atomic E-state index is -0.915. The zero-order valence-corrected chi connectivity index (χ0v) is 12.1. The van der Waals surface area contributed by atoms with E-state index in [4.69, 9.17) is 10.2 Å². The molecule has 1 amide bonds. The summed E-state index contributed by atoms with van der Waals surface area (Å²) in [4.78, 5) is 23.0. The molecule has 0 saturated heterocycles. The van der Waals surface area contributed by atoms with Crippen molar-refractivity contribution < 1.29 is 19.1 Å². The van der Waals surface area contributed by atoms with Crippen molar-refractivity contribution in [3.63, 3.8) is 0 Å². The number of carbonyl (C=O) groups is 2. The summed E-state index contributed by atoms with van der Waals surface area (Å²) in [6.07, 6.45) is 0.481. The van der Waals surface area contributed by atoms with Crippen LogP contribution >= 0.6 is 0 Å². The molecule has 1 unspecified atom stereocenters. The van der Waals surface area contributed by atoms with Crippen LogP contribution in [0.4, 0.5) is 0 Å². The molecule has 112 valence electrons. The van der Waals surface area contributed by atoms with Crippen molar-refractivity contribution in [2.45, 2.75) is 33.7 Å². The molecule has 0 spiro atoms. The number of carboxylic acid groups (broad SMARTS) is 1. The predicted octanol–water partition coefficient (Wildman–Crippen LogP) is 1.61. The standard InChI is InChI=1S/C14H22N2O4/c1-14(2,3)6-9(13(18)19)8-16-12(17)11-5-4-10(7-15)20-11/h4-5,9H,6-8,15H2,1-3H3,(H,16,17)(H,18,19). The lowest BCUT2D eigenvalue weighted by molar-refractivity contribution is -0.142. The van der Waals surface area contributed by atoms with Gasteiger partial charge < -0.3 is 20.6 Å². The van der Waals surface area contributed by atoms with Crippen LogP contribution in [-0.2, 0) is 11.3 Å². The van der Waals surface area contributed by atoms with E-state index < -0.39 is 17.8 Å². The normalized spacial score (nSPS) is 13.0. The maximum atomic E-state index is 11.8. The third-order valence-electron chi connectivity index (χ3n) is 2.80. The summed E-state index contributed by atoms with van der Waals surface area (Å²) in [7, 11) is 0. The predicted molar refractivity (Wildman–Crippen MR) is 74.1 cm³/mol. The van der Waals surface area contributed by atoms with Crippen LogP contribution < -0.4 is 11.1 Å².